The van der Waals surface area contributed by atoms with Crippen molar-refractivity contribution < 1.29 is 18.3 Å². The summed E-state index contributed by atoms with van der Waals surface area (Å²) in [5, 5.41) is 9.92. The first-order valence-corrected chi connectivity index (χ1v) is 9.61. The molecule has 0 fully saturated rings. The number of halogens is 3. The first-order valence-electron chi connectivity index (χ1n) is 7.04. The Balaban J connectivity index is 2.72. The minimum atomic E-state index is -4.29. The summed E-state index contributed by atoms with van der Waals surface area (Å²) in [5.41, 5.74) is 0.766. The predicted octanol–water partition coefficient (Wildman–Crippen LogP) is 4.62. The van der Waals surface area contributed by atoms with Gasteiger partial charge in [0.1, 0.15) is 10.9 Å². The smallest absolute Gasteiger partial charge is 0.327 e. The molecule has 1 N–H and O–H groups in total. The van der Waals surface area contributed by atoms with E-state index in [1.165, 1.54) is 43.3 Å². The average molecular weight is 423 g/mol. The van der Waals surface area contributed by atoms with Crippen LogP contribution in [0.4, 0.5) is 5.69 Å². The summed E-state index contributed by atoms with van der Waals surface area (Å²) in [5.74, 6) is -1.31. The Labute approximate surface area is 160 Å². The highest BCUT2D eigenvalue weighted by molar-refractivity contribution is 7.93. The zero-order valence-corrected chi connectivity index (χ0v) is 16.3. The third-order valence-electron chi connectivity index (χ3n) is 3.54. The fourth-order valence-electron chi connectivity index (χ4n) is 2.22. The van der Waals surface area contributed by atoms with Crippen molar-refractivity contribution in [2.45, 2.75) is 24.8 Å². The Kier molecular flexibility index (Phi) is 5.89. The van der Waals surface area contributed by atoms with Crippen LogP contribution in [-0.2, 0) is 14.8 Å². The second-order valence-electron chi connectivity index (χ2n) is 5.32. The summed E-state index contributed by atoms with van der Waals surface area (Å²) in [6.07, 6.45) is 0. The molecule has 0 aromatic heterocycles. The van der Waals surface area contributed by atoms with Crippen molar-refractivity contribution in [3.63, 3.8) is 0 Å². The molecule has 2 aromatic carbocycles. The number of sulfonamides is 1. The molecule has 1 unspecified atom stereocenters. The molecule has 5 nitrogen and oxygen atoms in total. The number of nitrogens with zero attached hydrogens (tertiary/aromatic N) is 1. The van der Waals surface area contributed by atoms with Crippen LogP contribution in [-0.4, -0.2) is 25.5 Å². The molecular formula is C16H14Cl3NO4S. The van der Waals surface area contributed by atoms with Crippen LogP contribution in [0.2, 0.25) is 15.1 Å². The van der Waals surface area contributed by atoms with Crippen molar-refractivity contribution in [3.05, 3.63) is 57.0 Å². The topological polar surface area (TPSA) is 74.7 Å². The van der Waals surface area contributed by atoms with Crippen molar-refractivity contribution in [3.8, 4) is 0 Å². The number of carbonyl (C=O) groups is 1. The van der Waals surface area contributed by atoms with Gasteiger partial charge in [0.15, 0.2) is 0 Å². The van der Waals surface area contributed by atoms with Gasteiger partial charge in [-0.25, -0.2) is 13.2 Å². The highest BCUT2D eigenvalue weighted by Crippen LogP contribution is 2.33. The molecule has 134 valence electrons. The molecule has 0 aliphatic heterocycles. The van der Waals surface area contributed by atoms with Gasteiger partial charge in [-0.3, -0.25) is 4.31 Å². The number of aliphatic carboxylic acids is 1. The van der Waals surface area contributed by atoms with E-state index in [9.17, 15) is 18.3 Å². The number of anilines is 1. The minimum absolute atomic E-state index is 0.0577. The minimum Gasteiger partial charge on any atom is -0.480 e. The number of hydrogen-bond donors (Lipinski definition) is 1. The molecular weight excluding hydrogens is 409 g/mol. The highest BCUT2D eigenvalue weighted by atomic mass is 35.5. The third-order valence-corrected chi connectivity index (χ3v) is 6.57. The fraction of sp³-hybridized carbons (Fsp3) is 0.188. The van der Waals surface area contributed by atoms with Crippen molar-refractivity contribution in [2.75, 3.05) is 4.31 Å². The van der Waals surface area contributed by atoms with Gasteiger partial charge in [0, 0.05) is 10.0 Å². The second kappa shape index (κ2) is 7.41. The Hall–Kier alpha value is -1.47. The van der Waals surface area contributed by atoms with Crippen LogP contribution >= 0.6 is 34.8 Å². The zero-order valence-electron chi connectivity index (χ0n) is 13.2. The van der Waals surface area contributed by atoms with Crippen LogP contribution < -0.4 is 4.31 Å². The largest absolute Gasteiger partial charge is 0.480 e. The van der Waals surface area contributed by atoms with Gasteiger partial charge < -0.3 is 5.11 Å². The molecule has 0 saturated heterocycles. The molecule has 0 saturated carbocycles. The first-order chi connectivity index (χ1) is 11.6. The normalized spacial score (nSPS) is 12.7. The molecule has 2 rings (SSSR count). The van der Waals surface area contributed by atoms with Crippen LogP contribution in [0.1, 0.15) is 12.5 Å². The lowest BCUT2D eigenvalue weighted by Crippen LogP contribution is -2.43. The number of hydrogen-bond acceptors (Lipinski definition) is 3. The molecule has 0 aliphatic rings. The van der Waals surface area contributed by atoms with Gasteiger partial charge in [0.25, 0.3) is 10.0 Å². The molecule has 25 heavy (non-hydrogen) atoms. The van der Waals surface area contributed by atoms with Gasteiger partial charge in [0.05, 0.1) is 10.7 Å². The van der Waals surface area contributed by atoms with Crippen molar-refractivity contribution in [1.29, 1.82) is 0 Å². The van der Waals surface area contributed by atoms with E-state index in [2.05, 4.69) is 0 Å². The third kappa shape index (κ3) is 4.03. The highest BCUT2D eigenvalue weighted by Gasteiger charge is 2.35. The zero-order chi connectivity index (χ0) is 18.9. The Bertz CT molecular complexity index is 931. The molecule has 0 bridgehead atoms. The summed E-state index contributed by atoms with van der Waals surface area (Å²) < 4.78 is 27.1. The summed E-state index contributed by atoms with van der Waals surface area (Å²) in [6.45, 7) is 2.96. The predicted molar refractivity (Wildman–Crippen MR) is 99.4 cm³/mol. The van der Waals surface area contributed by atoms with E-state index in [1.807, 2.05) is 0 Å². The molecule has 9 heteroatoms. The van der Waals surface area contributed by atoms with Crippen LogP contribution in [0.15, 0.2) is 41.3 Å². The molecule has 0 spiro atoms. The van der Waals surface area contributed by atoms with Crippen LogP contribution in [0.25, 0.3) is 0 Å². The lowest BCUT2D eigenvalue weighted by molar-refractivity contribution is -0.137. The number of carboxylic acid groups (broad SMARTS) is 1. The number of benzene rings is 2. The van der Waals surface area contributed by atoms with Gasteiger partial charge in [-0.2, -0.15) is 0 Å². The van der Waals surface area contributed by atoms with Gasteiger partial charge in [-0.05, 0) is 55.8 Å². The van der Waals surface area contributed by atoms with E-state index in [-0.39, 0.29) is 20.6 Å². The molecule has 1 atom stereocenters. The lowest BCUT2D eigenvalue weighted by atomic mass is 10.2. The van der Waals surface area contributed by atoms with Gasteiger partial charge in [0.2, 0.25) is 0 Å². The van der Waals surface area contributed by atoms with E-state index in [4.69, 9.17) is 34.8 Å². The Morgan fingerprint density at radius 1 is 1.08 bits per heavy atom. The Morgan fingerprint density at radius 2 is 1.68 bits per heavy atom. The fourth-order valence-corrected chi connectivity index (χ4v) is 4.68. The maximum atomic E-state index is 13.1. The van der Waals surface area contributed by atoms with Crippen molar-refractivity contribution >= 4 is 56.5 Å². The molecule has 0 radical (unpaired) electrons. The SMILES string of the molecule is Cc1cc(N(C(C)C(=O)O)S(=O)(=O)c2cc(Cl)ccc2Cl)ccc1Cl. The molecule has 0 amide bonds. The van der Waals surface area contributed by atoms with Crippen LogP contribution in [0.5, 0.6) is 0 Å². The standard InChI is InChI=1S/C16H14Cl3NO4S/c1-9-7-12(4-6-13(9)18)20(10(2)16(21)22)25(23,24)15-8-11(17)3-5-14(15)19/h3-8,10H,1-2H3,(H,21,22). The van der Waals surface area contributed by atoms with E-state index in [1.54, 1.807) is 6.92 Å². The van der Waals surface area contributed by atoms with E-state index in [0.29, 0.717) is 10.6 Å². The van der Waals surface area contributed by atoms with Crippen LogP contribution in [0, 0.1) is 6.92 Å². The molecule has 2 aromatic rings. The summed E-state index contributed by atoms with van der Waals surface area (Å²) in [4.78, 5) is 11.2. The molecule has 0 heterocycles. The second-order valence-corrected chi connectivity index (χ2v) is 8.36. The number of carboxylic acids is 1. The number of rotatable bonds is 5. The van der Waals surface area contributed by atoms with Crippen LogP contribution in [0.3, 0.4) is 0 Å². The molecule has 0 aliphatic carbocycles. The van der Waals surface area contributed by atoms with Crippen molar-refractivity contribution in [1.82, 2.24) is 0 Å². The van der Waals surface area contributed by atoms with E-state index >= 15 is 0 Å². The van der Waals surface area contributed by atoms with Gasteiger partial charge in [-0.1, -0.05) is 34.8 Å². The summed E-state index contributed by atoms with van der Waals surface area (Å²) in [7, 11) is -4.29. The monoisotopic (exact) mass is 421 g/mol. The summed E-state index contributed by atoms with van der Waals surface area (Å²) in [6, 6.07) is 7.03. The maximum absolute atomic E-state index is 13.1. The summed E-state index contributed by atoms with van der Waals surface area (Å²) >= 11 is 17.9. The average Bonchev–Trinajstić information content (AvgIpc) is 2.52. The maximum Gasteiger partial charge on any atom is 0.327 e. The first kappa shape index (κ1) is 19.8. The number of aryl methyl sites for hydroxylation is 1. The van der Waals surface area contributed by atoms with E-state index < -0.39 is 22.0 Å². The van der Waals surface area contributed by atoms with Gasteiger partial charge in [-0.15, -0.1) is 0 Å². The quantitative estimate of drug-likeness (QED) is 0.762. The Morgan fingerprint density at radius 3 is 2.24 bits per heavy atom. The van der Waals surface area contributed by atoms with Crippen molar-refractivity contribution in [2.24, 2.45) is 0 Å². The lowest BCUT2D eigenvalue weighted by Gasteiger charge is -2.28. The van der Waals surface area contributed by atoms with E-state index in [0.717, 1.165) is 4.31 Å². The van der Waals surface area contributed by atoms with Gasteiger partial charge >= 0.3 is 5.97 Å².